The Labute approximate surface area is 153 Å². The highest BCUT2D eigenvalue weighted by Crippen LogP contribution is 2.35. The van der Waals surface area contributed by atoms with Crippen LogP contribution in [0.5, 0.6) is 0 Å². The van der Waals surface area contributed by atoms with Gasteiger partial charge in [-0.3, -0.25) is 9.21 Å². The number of hydrogen-bond acceptors (Lipinski definition) is 3. The third-order valence-corrected chi connectivity index (χ3v) is 6.76. The number of para-hydroxylation sites is 1. The van der Waals surface area contributed by atoms with E-state index >= 15 is 0 Å². The Morgan fingerprint density at radius 1 is 1.04 bits per heavy atom. The summed E-state index contributed by atoms with van der Waals surface area (Å²) in [5.41, 5.74) is 3.50. The van der Waals surface area contributed by atoms with Gasteiger partial charge in [0.05, 0.1) is 10.6 Å². The molecule has 0 spiro atoms. The molecule has 0 saturated carbocycles. The number of hydrogen-bond donors (Lipinski definition) is 1. The van der Waals surface area contributed by atoms with Crippen molar-refractivity contribution in [2.45, 2.75) is 24.7 Å². The van der Waals surface area contributed by atoms with Gasteiger partial charge >= 0.3 is 6.03 Å². The summed E-state index contributed by atoms with van der Waals surface area (Å²) in [6, 6.07) is 12.5. The molecule has 7 heteroatoms. The van der Waals surface area contributed by atoms with Crippen LogP contribution in [0.1, 0.15) is 18.1 Å². The molecule has 0 unspecified atom stereocenters. The van der Waals surface area contributed by atoms with Gasteiger partial charge in [-0.05, 0) is 55.2 Å². The molecule has 0 atom stereocenters. The SMILES string of the molecule is CCNC(=O)N1CCc2cc(S(=O)(=O)N3CCc4ccccc43)ccc21. The smallest absolute Gasteiger partial charge is 0.321 e. The zero-order valence-electron chi connectivity index (χ0n) is 14.6. The highest BCUT2D eigenvalue weighted by molar-refractivity contribution is 7.92. The fraction of sp³-hybridized carbons (Fsp3) is 0.316. The average Bonchev–Trinajstić information content (AvgIpc) is 3.26. The van der Waals surface area contributed by atoms with E-state index in [0.29, 0.717) is 26.1 Å². The molecule has 4 rings (SSSR count). The lowest BCUT2D eigenvalue weighted by atomic mass is 10.2. The first-order valence-electron chi connectivity index (χ1n) is 8.81. The average molecular weight is 371 g/mol. The van der Waals surface area contributed by atoms with Crippen molar-refractivity contribution in [2.24, 2.45) is 0 Å². The van der Waals surface area contributed by atoms with E-state index in [4.69, 9.17) is 0 Å². The number of nitrogens with zero attached hydrogens (tertiary/aromatic N) is 2. The minimum absolute atomic E-state index is 0.143. The molecule has 0 radical (unpaired) electrons. The van der Waals surface area contributed by atoms with Gasteiger partial charge in [0.15, 0.2) is 0 Å². The predicted molar refractivity (Wildman–Crippen MR) is 101 cm³/mol. The van der Waals surface area contributed by atoms with Crippen LogP contribution in [0.2, 0.25) is 0 Å². The number of urea groups is 1. The minimum Gasteiger partial charge on any atom is -0.338 e. The number of nitrogens with one attached hydrogen (secondary N) is 1. The molecule has 0 fully saturated rings. The van der Waals surface area contributed by atoms with E-state index in [1.54, 1.807) is 23.1 Å². The second-order valence-electron chi connectivity index (χ2n) is 6.48. The van der Waals surface area contributed by atoms with Crippen molar-refractivity contribution < 1.29 is 13.2 Å². The van der Waals surface area contributed by atoms with Gasteiger partial charge < -0.3 is 5.32 Å². The van der Waals surface area contributed by atoms with Crippen molar-refractivity contribution in [3.8, 4) is 0 Å². The van der Waals surface area contributed by atoms with Crippen LogP contribution >= 0.6 is 0 Å². The molecule has 2 heterocycles. The summed E-state index contributed by atoms with van der Waals surface area (Å²) in [6.45, 7) is 3.46. The Bertz CT molecular complexity index is 972. The molecule has 2 aromatic rings. The maximum Gasteiger partial charge on any atom is 0.321 e. The lowest BCUT2D eigenvalue weighted by Crippen LogP contribution is -2.38. The third kappa shape index (κ3) is 2.63. The van der Waals surface area contributed by atoms with Crippen molar-refractivity contribution in [1.29, 1.82) is 0 Å². The Hall–Kier alpha value is -2.54. The van der Waals surface area contributed by atoms with E-state index in [-0.39, 0.29) is 10.9 Å². The Morgan fingerprint density at radius 3 is 2.62 bits per heavy atom. The van der Waals surface area contributed by atoms with Gasteiger partial charge in [0, 0.05) is 25.3 Å². The van der Waals surface area contributed by atoms with Gasteiger partial charge in [-0.25, -0.2) is 13.2 Å². The molecule has 0 saturated heterocycles. The van der Waals surface area contributed by atoms with E-state index < -0.39 is 10.0 Å². The van der Waals surface area contributed by atoms with Crippen molar-refractivity contribution >= 4 is 27.4 Å². The van der Waals surface area contributed by atoms with Crippen LogP contribution in [0, 0.1) is 0 Å². The molecular weight excluding hydrogens is 350 g/mol. The van der Waals surface area contributed by atoms with E-state index in [2.05, 4.69) is 5.32 Å². The lowest BCUT2D eigenvalue weighted by Gasteiger charge is -2.21. The van der Waals surface area contributed by atoms with E-state index in [1.165, 1.54) is 4.31 Å². The topological polar surface area (TPSA) is 69.7 Å². The summed E-state index contributed by atoms with van der Waals surface area (Å²) in [7, 11) is -3.61. The third-order valence-electron chi connectivity index (χ3n) is 4.95. The number of benzene rings is 2. The number of fused-ring (bicyclic) bond motifs is 2. The first kappa shape index (κ1) is 16.9. The number of anilines is 2. The Kier molecular flexibility index (Phi) is 4.11. The molecule has 136 valence electrons. The van der Waals surface area contributed by atoms with Gasteiger partial charge in [-0.2, -0.15) is 0 Å². The summed E-state index contributed by atoms with van der Waals surface area (Å²) in [6.07, 6.45) is 1.39. The van der Waals surface area contributed by atoms with Gasteiger partial charge in [-0.1, -0.05) is 18.2 Å². The minimum atomic E-state index is -3.61. The van der Waals surface area contributed by atoms with Crippen LogP contribution < -0.4 is 14.5 Å². The van der Waals surface area contributed by atoms with Crippen molar-refractivity contribution in [3.63, 3.8) is 0 Å². The summed E-state index contributed by atoms with van der Waals surface area (Å²) >= 11 is 0. The van der Waals surface area contributed by atoms with Crippen LogP contribution in [0.4, 0.5) is 16.2 Å². The molecule has 26 heavy (non-hydrogen) atoms. The van der Waals surface area contributed by atoms with Gasteiger partial charge in [-0.15, -0.1) is 0 Å². The first-order valence-corrected chi connectivity index (χ1v) is 10.3. The lowest BCUT2D eigenvalue weighted by molar-refractivity contribution is 0.247. The Balaban J connectivity index is 1.67. The molecule has 1 N–H and O–H groups in total. The summed E-state index contributed by atoms with van der Waals surface area (Å²) in [5.74, 6) is 0. The molecule has 2 aliphatic heterocycles. The number of carbonyl (C=O) groups is 1. The predicted octanol–water partition coefficient (Wildman–Crippen LogP) is 2.53. The number of amides is 2. The summed E-state index contributed by atoms with van der Waals surface area (Å²) < 4.78 is 27.8. The second-order valence-corrected chi connectivity index (χ2v) is 8.35. The highest BCUT2D eigenvalue weighted by atomic mass is 32.2. The maximum atomic E-state index is 13.1. The number of sulfonamides is 1. The fourth-order valence-corrected chi connectivity index (χ4v) is 5.24. The Morgan fingerprint density at radius 2 is 1.81 bits per heavy atom. The zero-order chi connectivity index (χ0) is 18.3. The molecule has 0 aliphatic carbocycles. The van der Waals surface area contributed by atoms with Gasteiger partial charge in [0.1, 0.15) is 0 Å². The standard InChI is InChI=1S/C19H21N3O3S/c1-2-20-19(23)21-11-9-15-13-16(7-8-17(15)21)26(24,25)22-12-10-14-5-3-4-6-18(14)22/h3-8,13H,2,9-12H2,1H3,(H,20,23). The number of carbonyl (C=O) groups excluding carboxylic acids is 1. The second kappa shape index (κ2) is 6.32. The van der Waals surface area contributed by atoms with Crippen LogP contribution in [0.15, 0.2) is 47.4 Å². The molecular formula is C19H21N3O3S. The van der Waals surface area contributed by atoms with E-state index in [9.17, 15) is 13.2 Å². The van der Waals surface area contributed by atoms with Crippen molar-refractivity contribution in [3.05, 3.63) is 53.6 Å². The van der Waals surface area contributed by atoms with Gasteiger partial charge in [0.25, 0.3) is 10.0 Å². The van der Waals surface area contributed by atoms with Crippen LogP contribution in [-0.2, 0) is 22.9 Å². The normalized spacial score (nSPS) is 15.7. The molecule has 2 aromatic carbocycles. The van der Waals surface area contributed by atoms with Crippen LogP contribution in [0.25, 0.3) is 0 Å². The molecule has 2 amide bonds. The van der Waals surface area contributed by atoms with Crippen molar-refractivity contribution in [2.75, 3.05) is 28.8 Å². The molecule has 6 nitrogen and oxygen atoms in total. The van der Waals surface area contributed by atoms with E-state index in [1.807, 2.05) is 31.2 Å². The summed E-state index contributed by atoms with van der Waals surface area (Å²) in [4.78, 5) is 14.1. The summed E-state index contributed by atoms with van der Waals surface area (Å²) in [5, 5.41) is 2.79. The molecule has 0 aromatic heterocycles. The van der Waals surface area contributed by atoms with E-state index in [0.717, 1.165) is 28.9 Å². The first-order chi connectivity index (χ1) is 12.5. The largest absolute Gasteiger partial charge is 0.338 e. The molecule has 2 aliphatic rings. The fourth-order valence-electron chi connectivity index (χ4n) is 3.68. The van der Waals surface area contributed by atoms with Crippen LogP contribution in [0.3, 0.4) is 0 Å². The van der Waals surface area contributed by atoms with Gasteiger partial charge in [0.2, 0.25) is 0 Å². The van der Waals surface area contributed by atoms with Crippen LogP contribution in [-0.4, -0.2) is 34.1 Å². The number of rotatable bonds is 3. The zero-order valence-corrected chi connectivity index (χ0v) is 15.4. The monoisotopic (exact) mass is 371 g/mol. The highest BCUT2D eigenvalue weighted by Gasteiger charge is 2.32. The maximum absolute atomic E-state index is 13.1. The quantitative estimate of drug-likeness (QED) is 0.901. The van der Waals surface area contributed by atoms with Crippen molar-refractivity contribution in [1.82, 2.24) is 5.32 Å². The molecule has 0 bridgehead atoms.